The number of anilines is 1. The highest BCUT2D eigenvalue weighted by Crippen LogP contribution is 2.26. The van der Waals surface area contributed by atoms with Gasteiger partial charge < -0.3 is 15.7 Å². The van der Waals surface area contributed by atoms with Crippen molar-refractivity contribution in [1.29, 1.82) is 5.26 Å². The first kappa shape index (κ1) is 12.9. The predicted molar refractivity (Wildman–Crippen MR) is 71.0 cm³/mol. The summed E-state index contributed by atoms with van der Waals surface area (Å²) in [5, 5.41) is 19.1. The van der Waals surface area contributed by atoms with Gasteiger partial charge in [0.25, 0.3) is 0 Å². The molecule has 1 saturated heterocycles. The summed E-state index contributed by atoms with van der Waals surface area (Å²) in [7, 11) is 0. The van der Waals surface area contributed by atoms with Gasteiger partial charge in [-0.3, -0.25) is 0 Å². The molecule has 1 aromatic rings. The standard InChI is InChI=1S/C14H19N3O/c1-10-4-5-17(9-14(10)18)13-3-2-11(7-15)6-12(13)8-16/h2-3,6,10,14,18H,4-5,7,9,15H2,1H3. The highest BCUT2D eigenvalue weighted by Gasteiger charge is 2.25. The normalized spacial score (nSPS) is 23.8. The zero-order valence-corrected chi connectivity index (χ0v) is 10.6. The van der Waals surface area contributed by atoms with Crippen LogP contribution in [-0.2, 0) is 6.54 Å². The summed E-state index contributed by atoms with van der Waals surface area (Å²) in [6.45, 7) is 3.98. The van der Waals surface area contributed by atoms with E-state index in [-0.39, 0.29) is 6.10 Å². The van der Waals surface area contributed by atoms with Crippen molar-refractivity contribution in [2.45, 2.75) is 26.0 Å². The molecule has 0 spiro atoms. The van der Waals surface area contributed by atoms with E-state index in [0.29, 0.717) is 24.6 Å². The number of nitriles is 1. The maximum Gasteiger partial charge on any atom is 0.101 e. The molecule has 0 radical (unpaired) electrons. The Bertz CT molecular complexity index is 467. The molecule has 1 aliphatic rings. The SMILES string of the molecule is CC1CCN(c2ccc(CN)cc2C#N)CC1O. The van der Waals surface area contributed by atoms with Gasteiger partial charge in [0, 0.05) is 19.6 Å². The minimum absolute atomic E-state index is 0.320. The van der Waals surface area contributed by atoms with E-state index >= 15 is 0 Å². The Hall–Kier alpha value is -1.57. The fourth-order valence-electron chi connectivity index (χ4n) is 2.34. The van der Waals surface area contributed by atoms with E-state index in [9.17, 15) is 10.4 Å². The third-order valence-electron chi connectivity index (χ3n) is 3.68. The summed E-state index contributed by atoms with van der Waals surface area (Å²) in [5.41, 5.74) is 8.08. The Labute approximate surface area is 108 Å². The molecule has 0 amide bonds. The molecule has 3 N–H and O–H groups in total. The smallest absolute Gasteiger partial charge is 0.101 e. The minimum atomic E-state index is -0.320. The Morgan fingerprint density at radius 2 is 2.33 bits per heavy atom. The van der Waals surface area contributed by atoms with Gasteiger partial charge in [0.1, 0.15) is 6.07 Å². The maximum atomic E-state index is 9.93. The molecule has 0 saturated carbocycles. The first-order valence-electron chi connectivity index (χ1n) is 6.31. The highest BCUT2D eigenvalue weighted by atomic mass is 16.3. The molecular formula is C14H19N3O. The van der Waals surface area contributed by atoms with Crippen molar-refractivity contribution in [3.8, 4) is 6.07 Å². The first-order valence-corrected chi connectivity index (χ1v) is 6.31. The van der Waals surface area contributed by atoms with Gasteiger partial charge in [0.2, 0.25) is 0 Å². The summed E-state index contributed by atoms with van der Waals surface area (Å²) in [5.74, 6) is 0.329. The predicted octanol–water partition coefficient (Wildman–Crippen LogP) is 1.22. The second-order valence-corrected chi connectivity index (χ2v) is 4.95. The topological polar surface area (TPSA) is 73.3 Å². The van der Waals surface area contributed by atoms with Crippen LogP contribution in [0.1, 0.15) is 24.5 Å². The summed E-state index contributed by atoms with van der Waals surface area (Å²) >= 11 is 0. The van der Waals surface area contributed by atoms with Gasteiger partial charge in [-0.15, -0.1) is 0 Å². The fraction of sp³-hybridized carbons (Fsp3) is 0.500. The van der Waals surface area contributed by atoms with Gasteiger partial charge in [-0.1, -0.05) is 13.0 Å². The lowest BCUT2D eigenvalue weighted by molar-refractivity contribution is 0.103. The van der Waals surface area contributed by atoms with E-state index in [1.165, 1.54) is 0 Å². The van der Waals surface area contributed by atoms with Gasteiger partial charge in [-0.2, -0.15) is 5.26 Å². The van der Waals surface area contributed by atoms with Gasteiger partial charge >= 0.3 is 0 Å². The molecule has 4 nitrogen and oxygen atoms in total. The van der Waals surface area contributed by atoms with Crippen molar-refractivity contribution in [1.82, 2.24) is 0 Å². The van der Waals surface area contributed by atoms with E-state index in [1.807, 2.05) is 18.2 Å². The van der Waals surface area contributed by atoms with E-state index in [0.717, 1.165) is 24.2 Å². The van der Waals surface area contributed by atoms with E-state index in [2.05, 4.69) is 17.9 Å². The molecule has 96 valence electrons. The number of rotatable bonds is 2. The molecule has 1 heterocycles. The van der Waals surface area contributed by atoms with Gasteiger partial charge in [0.15, 0.2) is 0 Å². The van der Waals surface area contributed by atoms with Crippen LogP contribution in [0.2, 0.25) is 0 Å². The zero-order chi connectivity index (χ0) is 13.1. The minimum Gasteiger partial charge on any atom is -0.391 e. The monoisotopic (exact) mass is 245 g/mol. The second kappa shape index (κ2) is 5.38. The fourth-order valence-corrected chi connectivity index (χ4v) is 2.34. The molecule has 2 rings (SSSR count). The number of aliphatic hydroxyl groups is 1. The molecule has 4 heteroatoms. The number of β-amino-alcohol motifs (C(OH)–C–C–N with tert-alkyl or cyclic N) is 1. The van der Waals surface area contributed by atoms with Crippen LogP contribution in [-0.4, -0.2) is 24.3 Å². The van der Waals surface area contributed by atoms with Crippen molar-refractivity contribution in [3.05, 3.63) is 29.3 Å². The Morgan fingerprint density at radius 1 is 1.56 bits per heavy atom. The number of hydrogen-bond donors (Lipinski definition) is 2. The summed E-state index contributed by atoms with van der Waals surface area (Å²) in [6, 6.07) is 7.93. The van der Waals surface area contributed by atoms with Crippen LogP contribution in [0.25, 0.3) is 0 Å². The Morgan fingerprint density at radius 3 is 2.94 bits per heavy atom. The number of benzene rings is 1. The second-order valence-electron chi connectivity index (χ2n) is 4.95. The Kier molecular flexibility index (Phi) is 3.85. The van der Waals surface area contributed by atoms with E-state index < -0.39 is 0 Å². The van der Waals surface area contributed by atoms with Crippen molar-refractivity contribution >= 4 is 5.69 Å². The third kappa shape index (κ3) is 2.47. The number of nitrogens with two attached hydrogens (primary N) is 1. The Balaban J connectivity index is 2.26. The third-order valence-corrected chi connectivity index (χ3v) is 3.68. The lowest BCUT2D eigenvalue weighted by Gasteiger charge is -2.36. The summed E-state index contributed by atoms with van der Waals surface area (Å²) in [6.07, 6.45) is 0.629. The molecule has 1 fully saturated rings. The highest BCUT2D eigenvalue weighted by molar-refractivity contribution is 5.60. The molecule has 2 atom stereocenters. The molecular weight excluding hydrogens is 226 g/mol. The average molecular weight is 245 g/mol. The molecule has 0 bridgehead atoms. The molecule has 0 aromatic heterocycles. The van der Waals surface area contributed by atoms with Crippen LogP contribution in [0.4, 0.5) is 5.69 Å². The van der Waals surface area contributed by atoms with E-state index in [4.69, 9.17) is 5.73 Å². The molecule has 18 heavy (non-hydrogen) atoms. The van der Waals surface area contributed by atoms with Crippen molar-refractivity contribution < 1.29 is 5.11 Å². The van der Waals surface area contributed by atoms with Crippen molar-refractivity contribution in [2.24, 2.45) is 11.7 Å². The van der Waals surface area contributed by atoms with Crippen molar-refractivity contribution in [3.63, 3.8) is 0 Å². The quantitative estimate of drug-likeness (QED) is 0.821. The number of aliphatic hydroxyl groups excluding tert-OH is 1. The number of piperidine rings is 1. The van der Waals surface area contributed by atoms with Crippen LogP contribution in [0.3, 0.4) is 0 Å². The van der Waals surface area contributed by atoms with Crippen LogP contribution < -0.4 is 10.6 Å². The lowest BCUT2D eigenvalue weighted by atomic mass is 9.95. The number of nitrogens with zero attached hydrogens (tertiary/aromatic N) is 2. The van der Waals surface area contributed by atoms with E-state index in [1.54, 1.807) is 0 Å². The van der Waals surface area contributed by atoms with Crippen LogP contribution in [0.5, 0.6) is 0 Å². The molecule has 2 unspecified atom stereocenters. The van der Waals surface area contributed by atoms with Crippen LogP contribution in [0, 0.1) is 17.2 Å². The van der Waals surface area contributed by atoms with Crippen molar-refractivity contribution in [2.75, 3.05) is 18.0 Å². The summed E-state index contributed by atoms with van der Waals surface area (Å²) < 4.78 is 0. The van der Waals surface area contributed by atoms with Crippen LogP contribution >= 0.6 is 0 Å². The molecule has 1 aromatic carbocycles. The first-order chi connectivity index (χ1) is 8.65. The lowest BCUT2D eigenvalue weighted by Crippen LogP contribution is -2.43. The maximum absolute atomic E-state index is 9.93. The zero-order valence-electron chi connectivity index (χ0n) is 10.6. The molecule has 0 aliphatic carbocycles. The van der Waals surface area contributed by atoms with Gasteiger partial charge in [-0.05, 0) is 30.0 Å². The summed E-state index contributed by atoms with van der Waals surface area (Å²) in [4.78, 5) is 2.09. The average Bonchev–Trinajstić information content (AvgIpc) is 2.41. The van der Waals surface area contributed by atoms with Crippen LogP contribution in [0.15, 0.2) is 18.2 Å². The number of hydrogen-bond acceptors (Lipinski definition) is 4. The molecule has 1 aliphatic heterocycles. The van der Waals surface area contributed by atoms with Gasteiger partial charge in [0.05, 0.1) is 17.4 Å². The largest absolute Gasteiger partial charge is 0.391 e. The van der Waals surface area contributed by atoms with Gasteiger partial charge in [-0.25, -0.2) is 0 Å².